The Balaban J connectivity index is 2.48. The highest BCUT2D eigenvalue weighted by atomic mass is 19.1. The van der Waals surface area contributed by atoms with E-state index in [0.29, 0.717) is 0 Å². The number of carbonyl (C=O) groups excluding carboxylic acids is 1. The van der Waals surface area contributed by atoms with Gasteiger partial charge in [0.25, 0.3) is 0 Å². The molecule has 0 heterocycles. The molecule has 0 aromatic heterocycles. The molecule has 0 spiro atoms. The average molecular weight is 306 g/mol. The van der Waals surface area contributed by atoms with Crippen molar-refractivity contribution in [3.05, 3.63) is 60.0 Å². The second-order valence-corrected chi connectivity index (χ2v) is 4.51. The molecule has 1 atom stereocenters. The fourth-order valence-corrected chi connectivity index (χ4v) is 1.68. The summed E-state index contributed by atoms with van der Waals surface area (Å²) in [6.45, 7) is 1.66. The lowest BCUT2D eigenvalue weighted by Gasteiger charge is -2.14. The van der Waals surface area contributed by atoms with E-state index in [1.165, 1.54) is 18.2 Å². The first-order valence-electron chi connectivity index (χ1n) is 6.82. The van der Waals surface area contributed by atoms with Gasteiger partial charge in [-0.15, -0.1) is 0 Å². The summed E-state index contributed by atoms with van der Waals surface area (Å²) in [5.74, 6) is -1.52. The SMILES string of the molecule is CC=C(F)C=CCNC(=O)NC(Cc1ccccc1)C(=O)O. The fraction of sp³-hybridized carbons (Fsp3) is 0.250. The lowest BCUT2D eigenvalue weighted by Crippen LogP contribution is -2.47. The summed E-state index contributed by atoms with van der Waals surface area (Å²) in [5, 5.41) is 14.0. The molecule has 0 saturated heterocycles. The van der Waals surface area contributed by atoms with E-state index in [2.05, 4.69) is 10.6 Å². The highest BCUT2D eigenvalue weighted by molar-refractivity contribution is 5.82. The van der Waals surface area contributed by atoms with E-state index in [9.17, 15) is 14.0 Å². The van der Waals surface area contributed by atoms with Gasteiger partial charge in [0.15, 0.2) is 0 Å². The van der Waals surface area contributed by atoms with E-state index in [-0.39, 0.29) is 13.0 Å². The third-order valence-corrected chi connectivity index (χ3v) is 2.82. The van der Waals surface area contributed by atoms with Crippen molar-refractivity contribution in [2.45, 2.75) is 19.4 Å². The van der Waals surface area contributed by atoms with E-state index in [4.69, 9.17) is 5.11 Å². The third-order valence-electron chi connectivity index (χ3n) is 2.82. The largest absolute Gasteiger partial charge is 0.480 e. The van der Waals surface area contributed by atoms with E-state index in [0.717, 1.165) is 5.56 Å². The summed E-state index contributed by atoms with van der Waals surface area (Å²) in [4.78, 5) is 22.8. The minimum absolute atomic E-state index is 0.102. The maximum Gasteiger partial charge on any atom is 0.326 e. The van der Waals surface area contributed by atoms with E-state index in [1.54, 1.807) is 31.2 Å². The van der Waals surface area contributed by atoms with Gasteiger partial charge in [0.1, 0.15) is 11.9 Å². The lowest BCUT2D eigenvalue weighted by molar-refractivity contribution is -0.139. The Morgan fingerprint density at radius 1 is 1.32 bits per heavy atom. The molecule has 0 radical (unpaired) electrons. The number of urea groups is 1. The van der Waals surface area contributed by atoms with Gasteiger partial charge in [-0.1, -0.05) is 42.5 Å². The first-order valence-corrected chi connectivity index (χ1v) is 6.82. The molecule has 1 aromatic carbocycles. The molecule has 0 aliphatic rings. The van der Waals surface area contributed by atoms with Gasteiger partial charge in [-0.25, -0.2) is 14.0 Å². The Bertz CT molecular complexity index is 556. The van der Waals surface area contributed by atoms with Crippen molar-refractivity contribution in [1.82, 2.24) is 10.6 Å². The van der Waals surface area contributed by atoms with E-state index >= 15 is 0 Å². The van der Waals surface area contributed by atoms with Crippen LogP contribution in [0.15, 0.2) is 54.4 Å². The van der Waals surface area contributed by atoms with Crippen LogP contribution in [0, 0.1) is 0 Å². The number of nitrogens with one attached hydrogen (secondary N) is 2. The summed E-state index contributed by atoms with van der Waals surface area (Å²) in [6, 6.07) is 7.36. The molecule has 3 N–H and O–H groups in total. The van der Waals surface area contributed by atoms with Gasteiger partial charge in [-0.05, 0) is 18.6 Å². The number of benzene rings is 1. The molecule has 6 heteroatoms. The highest BCUT2D eigenvalue weighted by Crippen LogP contribution is 2.03. The molecule has 2 amide bonds. The van der Waals surface area contributed by atoms with Crippen molar-refractivity contribution < 1.29 is 19.1 Å². The molecule has 1 rings (SSSR count). The fourth-order valence-electron chi connectivity index (χ4n) is 1.68. The van der Waals surface area contributed by atoms with E-state index in [1.807, 2.05) is 6.07 Å². The van der Waals surface area contributed by atoms with Crippen LogP contribution in [0.2, 0.25) is 0 Å². The monoisotopic (exact) mass is 306 g/mol. The molecule has 0 saturated carbocycles. The van der Waals surface area contributed by atoms with Crippen LogP contribution in [0.3, 0.4) is 0 Å². The number of halogens is 1. The minimum atomic E-state index is -1.12. The first-order chi connectivity index (χ1) is 10.5. The molecule has 1 unspecified atom stereocenters. The first kappa shape index (κ1) is 17.4. The topological polar surface area (TPSA) is 78.4 Å². The van der Waals surface area contributed by atoms with Crippen molar-refractivity contribution in [3.8, 4) is 0 Å². The van der Waals surface area contributed by atoms with Crippen molar-refractivity contribution >= 4 is 12.0 Å². The number of aliphatic carboxylic acids is 1. The number of amides is 2. The molecule has 1 aromatic rings. The molecule has 0 aliphatic carbocycles. The Morgan fingerprint density at radius 3 is 2.59 bits per heavy atom. The van der Waals surface area contributed by atoms with Crippen LogP contribution >= 0.6 is 0 Å². The van der Waals surface area contributed by atoms with Gasteiger partial charge in [-0.2, -0.15) is 0 Å². The summed E-state index contributed by atoms with van der Waals surface area (Å²) >= 11 is 0. The molecule has 0 aliphatic heterocycles. The zero-order valence-corrected chi connectivity index (χ0v) is 12.3. The predicted octanol–water partition coefficient (Wildman–Crippen LogP) is 2.41. The van der Waals surface area contributed by atoms with Crippen LogP contribution in [-0.2, 0) is 11.2 Å². The Morgan fingerprint density at radius 2 is 2.00 bits per heavy atom. The van der Waals surface area contributed by atoms with Crippen molar-refractivity contribution in [2.24, 2.45) is 0 Å². The Kier molecular flexibility index (Phi) is 7.39. The van der Waals surface area contributed by atoms with Crippen LogP contribution < -0.4 is 10.6 Å². The smallest absolute Gasteiger partial charge is 0.326 e. The second-order valence-electron chi connectivity index (χ2n) is 4.51. The predicted molar refractivity (Wildman–Crippen MR) is 82.1 cm³/mol. The van der Waals surface area contributed by atoms with Crippen molar-refractivity contribution in [2.75, 3.05) is 6.54 Å². The number of rotatable bonds is 7. The van der Waals surface area contributed by atoms with Crippen LogP contribution in [-0.4, -0.2) is 29.7 Å². The zero-order chi connectivity index (χ0) is 16.4. The van der Waals surface area contributed by atoms with Crippen LogP contribution in [0.25, 0.3) is 0 Å². The number of hydrogen-bond acceptors (Lipinski definition) is 2. The van der Waals surface area contributed by atoms with Crippen molar-refractivity contribution in [1.29, 1.82) is 0 Å². The van der Waals surface area contributed by atoms with Crippen LogP contribution in [0.1, 0.15) is 12.5 Å². The summed E-state index contributed by atoms with van der Waals surface area (Å²) < 4.78 is 12.8. The quantitative estimate of drug-likeness (QED) is 0.677. The number of hydrogen-bond donors (Lipinski definition) is 3. The van der Waals surface area contributed by atoms with Gasteiger partial charge in [0, 0.05) is 13.0 Å². The second kappa shape index (κ2) is 9.33. The molecule has 0 fully saturated rings. The normalized spacial score (nSPS) is 12.9. The van der Waals surface area contributed by atoms with Gasteiger partial charge in [-0.3, -0.25) is 0 Å². The number of carbonyl (C=O) groups is 2. The average Bonchev–Trinajstić information content (AvgIpc) is 2.51. The zero-order valence-electron chi connectivity index (χ0n) is 12.3. The molecular formula is C16H19FN2O3. The van der Waals surface area contributed by atoms with Gasteiger partial charge >= 0.3 is 12.0 Å². The maximum atomic E-state index is 12.8. The molecular weight excluding hydrogens is 287 g/mol. The molecule has 5 nitrogen and oxygen atoms in total. The van der Waals surface area contributed by atoms with Gasteiger partial charge in [0.05, 0.1) is 0 Å². The maximum absolute atomic E-state index is 12.8. The van der Waals surface area contributed by atoms with E-state index < -0.39 is 23.9 Å². The summed E-state index contributed by atoms with van der Waals surface area (Å²) in [7, 11) is 0. The number of allylic oxidation sites excluding steroid dienone is 3. The Labute approximate surface area is 128 Å². The third kappa shape index (κ3) is 6.69. The van der Waals surface area contributed by atoms with Gasteiger partial charge < -0.3 is 15.7 Å². The standard InChI is InChI=1S/C16H19FN2O3/c1-2-13(17)9-6-10-18-16(22)19-14(15(20)21)11-12-7-4-3-5-8-12/h2-9,14H,10-11H2,1H3,(H,20,21)(H2,18,19,22). The molecule has 118 valence electrons. The van der Waals surface area contributed by atoms with Crippen molar-refractivity contribution in [3.63, 3.8) is 0 Å². The Hall–Kier alpha value is -2.63. The summed E-state index contributed by atoms with van der Waals surface area (Å²) in [6.07, 6.45) is 4.13. The molecule has 22 heavy (non-hydrogen) atoms. The lowest BCUT2D eigenvalue weighted by atomic mass is 10.1. The number of carboxylic acid groups (broad SMARTS) is 1. The highest BCUT2D eigenvalue weighted by Gasteiger charge is 2.19. The van der Waals surface area contributed by atoms with Crippen LogP contribution in [0.5, 0.6) is 0 Å². The van der Waals surface area contributed by atoms with Gasteiger partial charge in [0.2, 0.25) is 0 Å². The number of carboxylic acids is 1. The molecule has 0 bridgehead atoms. The van der Waals surface area contributed by atoms with Crippen LogP contribution in [0.4, 0.5) is 9.18 Å². The minimum Gasteiger partial charge on any atom is -0.480 e. The summed E-state index contributed by atoms with van der Waals surface area (Å²) in [5.41, 5.74) is 0.810.